The lowest BCUT2D eigenvalue weighted by atomic mass is 10.1. The fourth-order valence-corrected chi connectivity index (χ4v) is 3.18. The molecule has 1 aromatic carbocycles. The second-order valence-corrected chi connectivity index (χ2v) is 12.5. The molecular formula is C19H24ClNO3Si. The minimum absolute atomic E-state index is 0.116. The first kappa shape index (κ1) is 19.5. The Hall–Kier alpha value is -1.85. The van der Waals surface area contributed by atoms with E-state index in [1.165, 1.54) is 7.11 Å². The van der Waals surface area contributed by atoms with E-state index in [2.05, 4.69) is 38.8 Å². The number of pyridine rings is 1. The van der Waals surface area contributed by atoms with E-state index in [0.717, 1.165) is 5.75 Å². The molecule has 0 fully saturated rings. The zero-order valence-corrected chi connectivity index (χ0v) is 17.3. The van der Waals surface area contributed by atoms with E-state index in [0.29, 0.717) is 16.3 Å². The summed E-state index contributed by atoms with van der Waals surface area (Å²) in [7, 11) is -0.434. The van der Waals surface area contributed by atoms with Crippen LogP contribution in [0.25, 0.3) is 0 Å². The summed E-state index contributed by atoms with van der Waals surface area (Å²) in [4.78, 5) is 16.7. The summed E-state index contributed by atoms with van der Waals surface area (Å²) in [5.41, 5.74) is 0.832. The highest BCUT2D eigenvalue weighted by Gasteiger charge is 2.38. The first-order chi connectivity index (χ1) is 11.5. The van der Waals surface area contributed by atoms with Gasteiger partial charge in [0.2, 0.25) is 20.0 Å². The second-order valence-electron chi connectivity index (χ2n) is 7.40. The second kappa shape index (κ2) is 7.18. The van der Waals surface area contributed by atoms with Crippen molar-refractivity contribution in [1.82, 2.24) is 4.98 Å². The lowest BCUT2D eigenvalue weighted by Gasteiger charge is -2.36. The van der Waals surface area contributed by atoms with Crippen molar-refractivity contribution in [2.45, 2.75) is 38.9 Å². The average molecular weight is 378 g/mol. The number of methoxy groups -OCH3 is 1. The Morgan fingerprint density at radius 2 is 1.68 bits per heavy atom. The molecule has 0 unspecified atom stereocenters. The number of hydrogen-bond acceptors (Lipinski definition) is 4. The summed E-state index contributed by atoms with van der Waals surface area (Å²) in [6.45, 7) is 11.0. The number of benzene rings is 1. The van der Waals surface area contributed by atoms with Crippen LogP contribution in [0.1, 0.15) is 36.8 Å². The zero-order chi connectivity index (χ0) is 18.8. The third-order valence-electron chi connectivity index (χ3n) is 4.54. The summed E-state index contributed by atoms with van der Waals surface area (Å²) in [6, 6.07) is 10.4. The molecule has 0 N–H and O–H groups in total. The Balaban J connectivity index is 2.21. The molecule has 0 aliphatic rings. The van der Waals surface area contributed by atoms with Gasteiger partial charge in [0.25, 0.3) is 0 Å². The van der Waals surface area contributed by atoms with Crippen molar-refractivity contribution in [3.8, 4) is 11.6 Å². The van der Waals surface area contributed by atoms with Crippen molar-refractivity contribution in [2.24, 2.45) is 0 Å². The number of nitrogens with zero attached hydrogens (tertiary/aromatic N) is 1. The SMILES string of the molecule is COc1nc(C(=O)c2ccc(O[Si](C)(C)C(C)(C)C)cc2)ccc1Cl. The van der Waals surface area contributed by atoms with E-state index in [-0.39, 0.29) is 16.7 Å². The Morgan fingerprint density at radius 3 is 2.20 bits per heavy atom. The number of halogens is 1. The Labute approximate surface area is 155 Å². The first-order valence-electron chi connectivity index (χ1n) is 8.09. The number of rotatable bonds is 5. The third kappa shape index (κ3) is 4.41. The van der Waals surface area contributed by atoms with Crippen LogP contribution in [0.4, 0.5) is 0 Å². The highest BCUT2D eigenvalue weighted by molar-refractivity contribution is 6.74. The van der Waals surface area contributed by atoms with E-state index in [4.69, 9.17) is 20.8 Å². The van der Waals surface area contributed by atoms with E-state index >= 15 is 0 Å². The summed E-state index contributed by atoms with van der Waals surface area (Å²) in [5.74, 6) is 0.837. The number of hydrogen-bond donors (Lipinski definition) is 0. The van der Waals surface area contributed by atoms with Crippen LogP contribution in [0.3, 0.4) is 0 Å². The monoisotopic (exact) mass is 377 g/mol. The maximum Gasteiger partial charge on any atom is 0.250 e. The molecule has 0 saturated heterocycles. The fourth-order valence-electron chi connectivity index (χ4n) is 1.96. The normalized spacial score (nSPS) is 12.0. The molecule has 4 nitrogen and oxygen atoms in total. The van der Waals surface area contributed by atoms with Gasteiger partial charge in [-0.25, -0.2) is 4.98 Å². The van der Waals surface area contributed by atoms with Crippen molar-refractivity contribution in [2.75, 3.05) is 7.11 Å². The van der Waals surface area contributed by atoms with Gasteiger partial charge in [0, 0.05) is 5.56 Å². The summed E-state index contributed by atoms with van der Waals surface area (Å²) >= 11 is 5.95. The van der Waals surface area contributed by atoms with Gasteiger partial charge in [0.1, 0.15) is 16.5 Å². The van der Waals surface area contributed by atoms with Gasteiger partial charge in [0.15, 0.2) is 0 Å². The van der Waals surface area contributed by atoms with Crippen molar-refractivity contribution in [1.29, 1.82) is 0 Å². The lowest BCUT2D eigenvalue weighted by Crippen LogP contribution is -2.43. The van der Waals surface area contributed by atoms with Crippen LogP contribution >= 0.6 is 11.6 Å². The van der Waals surface area contributed by atoms with Crippen molar-refractivity contribution in [3.63, 3.8) is 0 Å². The van der Waals surface area contributed by atoms with Crippen LogP contribution in [0, 0.1) is 0 Å². The molecule has 0 amide bonds. The van der Waals surface area contributed by atoms with Crippen LogP contribution in [0.5, 0.6) is 11.6 Å². The minimum Gasteiger partial charge on any atom is -0.544 e. The summed E-state index contributed by atoms with van der Waals surface area (Å²) < 4.78 is 11.3. The molecule has 134 valence electrons. The van der Waals surface area contributed by atoms with Crippen molar-refractivity contribution < 1.29 is 14.0 Å². The quantitative estimate of drug-likeness (QED) is 0.520. The molecule has 0 atom stereocenters. The van der Waals surface area contributed by atoms with Gasteiger partial charge in [-0.3, -0.25) is 4.79 Å². The van der Waals surface area contributed by atoms with E-state index in [9.17, 15) is 4.79 Å². The molecule has 0 saturated carbocycles. The van der Waals surface area contributed by atoms with Crippen LogP contribution in [0.15, 0.2) is 36.4 Å². The van der Waals surface area contributed by atoms with Gasteiger partial charge in [-0.2, -0.15) is 0 Å². The van der Waals surface area contributed by atoms with E-state index in [1.807, 2.05) is 12.1 Å². The minimum atomic E-state index is -1.90. The standard InChI is InChI=1S/C19H24ClNO3Si/c1-19(2,3)25(5,6)24-14-9-7-13(8-10-14)17(22)16-12-11-15(20)18(21-16)23-4/h7-12H,1-6H3. The predicted octanol–water partition coefficient (Wildman–Crippen LogP) is 5.36. The molecule has 0 aliphatic carbocycles. The molecule has 2 rings (SSSR count). The number of ketones is 1. The summed E-state index contributed by atoms with van der Waals surface area (Å²) in [6.07, 6.45) is 0. The van der Waals surface area contributed by atoms with Crippen LogP contribution in [-0.4, -0.2) is 26.2 Å². The molecule has 1 heterocycles. The molecule has 1 aromatic heterocycles. The average Bonchev–Trinajstić information content (AvgIpc) is 2.54. The molecule has 25 heavy (non-hydrogen) atoms. The van der Waals surface area contributed by atoms with Crippen molar-refractivity contribution >= 4 is 25.7 Å². The Morgan fingerprint density at radius 1 is 1.08 bits per heavy atom. The maximum absolute atomic E-state index is 12.6. The topological polar surface area (TPSA) is 48.4 Å². The van der Waals surface area contributed by atoms with Crippen LogP contribution in [0.2, 0.25) is 23.2 Å². The van der Waals surface area contributed by atoms with E-state index < -0.39 is 8.32 Å². The largest absolute Gasteiger partial charge is 0.544 e. The lowest BCUT2D eigenvalue weighted by molar-refractivity contribution is 0.103. The predicted molar refractivity (Wildman–Crippen MR) is 103 cm³/mol. The number of carbonyl (C=O) groups is 1. The molecule has 0 radical (unpaired) electrons. The number of carbonyl (C=O) groups excluding carboxylic acids is 1. The summed E-state index contributed by atoms with van der Waals surface area (Å²) in [5, 5.41) is 0.489. The van der Waals surface area contributed by atoms with E-state index in [1.54, 1.807) is 24.3 Å². The molecule has 6 heteroatoms. The van der Waals surface area contributed by atoms with Gasteiger partial charge >= 0.3 is 0 Å². The van der Waals surface area contributed by atoms with Gasteiger partial charge in [-0.15, -0.1) is 0 Å². The smallest absolute Gasteiger partial charge is 0.250 e. The van der Waals surface area contributed by atoms with Crippen LogP contribution in [-0.2, 0) is 0 Å². The first-order valence-corrected chi connectivity index (χ1v) is 11.4. The Kier molecular flexibility index (Phi) is 5.59. The molecule has 0 aliphatic heterocycles. The molecular weight excluding hydrogens is 354 g/mol. The highest BCUT2D eigenvalue weighted by Crippen LogP contribution is 2.37. The maximum atomic E-state index is 12.6. The van der Waals surface area contributed by atoms with Gasteiger partial charge in [-0.05, 0) is 54.5 Å². The van der Waals surface area contributed by atoms with Crippen molar-refractivity contribution in [3.05, 3.63) is 52.7 Å². The van der Waals surface area contributed by atoms with Gasteiger partial charge < -0.3 is 9.16 Å². The molecule has 0 spiro atoms. The highest BCUT2D eigenvalue weighted by atomic mass is 35.5. The Bertz CT molecular complexity index is 767. The zero-order valence-electron chi connectivity index (χ0n) is 15.5. The fraction of sp³-hybridized carbons (Fsp3) is 0.368. The number of aromatic nitrogens is 1. The third-order valence-corrected chi connectivity index (χ3v) is 9.18. The van der Waals surface area contributed by atoms with Crippen LogP contribution < -0.4 is 9.16 Å². The van der Waals surface area contributed by atoms with Gasteiger partial charge in [-0.1, -0.05) is 32.4 Å². The van der Waals surface area contributed by atoms with Gasteiger partial charge in [0.05, 0.1) is 7.11 Å². The molecule has 0 bridgehead atoms. The molecule has 2 aromatic rings. The number of ether oxygens (including phenoxy) is 1.